The first-order valence-electron chi connectivity index (χ1n) is 6.45. The van der Waals surface area contributed by atoms with Gasteiger partial charge in [-0.05, 0) is 19.1 Å². The van der Waals surface area contributed by atoms with Gasteiger partial charge in [0.2, 0.25) is 5.91 Å². The molecule has 0 aliphatic heterocycles. The molecule has 0 saturated heterocycles. The van der Waals surface area contributed by atoms with E-state index in [1.165, 1.54) is 7.05 Å². The second-order valence-corrected chi connectivity index (χ2v) is 4.53. The molecule has 2 amide bonds. The summed E-state index contributed by atoms with van der Waals surface area (Å²) < 4.78 is 0. The summed E-state index contributed by atoms with van der Waals surface area (Å²) in [6.07, 6.45) is 0. The summed E-state index contributed by atoms with van der Waals surface area (Å²) in [7, 11) is 1.51. The van der Waals surface area contributed by atoms with Gasteiger partial charge in [0, 0.05) is 12.4 Å². The lowest BCUT2D eigenvalue weighted by Crippen LogP contribution is -2.43. The quantitative estimate of drug-likeness (QED) is 0.480. The van der Waals surface area contributed by atoms with Gasteiger partial charge in [-0.25, -0.2) is 4.98 Å². The Hall–Kier alpha value is -2.67. The SMILES string of the molecule is CNC(=O)C(C)NC(=O)c1cc(NN)c2ccccc2n1. The Morgan fingerprint density at radius 3 is 2.67 bits per heavy atom. The maximum absolute atomic E-state index is 12.2. The average Bonchev–Trinajstić information content (AvgIpc) is 2.52. The monoisotopic (exact) mass is 287 g/mol. The van der Waals surface area contributed by atoms with Crippen LogP contribution in [0, 0.1) is 0 Å². The van der Waals surface area contributed by atoms with E-state index in [0.29, 0.717) is 11.2 Å². The van der Waals surface area contributed by atoms with E-state index < -0.39 is 11.9 Å². The number of nitrogens with one attached hydrogen (secondary N) is 3. The molecule has 0 bridgehead atoms. The summed E-state index contributed by atoms with van der Waals surface area (Å²) in [6, 6.07) is 8.23. The lowest BCUT2D eigenvalue weighted by atomic mass is 10.1. The maximum atomic E-state index is 12.2. The number of likely N-dealkylation sites (N-methyl/N-ethyl adjacent to an activating group) is 1. The fourth-order valence-corrected chi connectivity index (χ4v) is 1.96. The zero-order chi connectivity index (χ0) is 15.4. The van der Waals surface area contributed by atoms with Crippen LogP contribution >= 0.6 is 0 Å². The highest BCUT2D eigenvalue weighted by Crippen LogP contribution is 2.22. The number of hydrogen-bond donors (Lipinski definition) is 4. The zero-order valence-electron chi connectivity index (χ0n) is 11.8. The molecule has 2 aromatic rings. The molecule has 5 N–H and O–H groups in total. The molecule has 0 fully saturated rings. The van der Waals surface area contributed by atoms with Crippen LogP contribution in [-0.4, -0.2) is 29.9 Å². The zero-order valence-corrected chi connectivity index (χ0v) is 11.8. The van der Waals surface area contributed by atoms with Crippen LogP contribution in [0.4, 0.5) is 5.69 Å². The molecule has 1 aromatic heterocycles. The molecule has 0 aliphatic carbocycles. The standard InChI is InChI=1S/C14H17N5O2/c1-8(13(20)16-2)17-14(21)12-7-11(19-15)9-5-3-4-6-10(9)18-12/h3-8H,15H2,1-2H3,(H,16,20)(H,17,21)(H,18,19). The number of benzene rings is 1. The summed E-state index contributed by atoms with van der Waals surface area (Å²) >= 11 is 0. The maximum Gasteiger partial charge on any atom is 0.270 e. The van der Waals surface area contributed by atoms with Crippen molar-refractivity contribution in [2.75, 3.05) is 12.5 Å². The number of nitrogens with zero attached hydrogens (tertiary/aromatic N) is 1. The van der Waals surface area contributed by atoms with Gasteiger partial charge in [-0.2, -0.15) is 0 Å². The number of carbonyl (C=O) groups excluding carboxylic acids is 2. The van der Waals surface area contributed by atoms with Crippen LogP contribution in [0.15, 0.2) is 30.3 Å². The van der Waals surface area contributed by atoms with E-state index >= 15 is 0 Å². The number of hydrazine groups is 1. The number of fused-ring (bicyclic) bond motifs is 1. The van der Waals surface area contributed by atoms with E-state index in [2.05, 4.69) is 21.0 Å². The van der Waals surface area contributed by atoms with Gasteiger partial charge in [-0.1, -0.05) is 18.2 Å². The van der Waals surface area contributed by atoms with Gasteiger partial charge >= 0.3 is 0 Å². The molecular weight excluding hydrogens is 270 g/mol. The van der Waals surface area contributed by atoms with E-state index in [9.17, 15) is 9.59 Å². The minimum atomic E-state index is -0.648. The minimum Gasteiger partial charge on any atom is -0.357 e. The third kappa shape index (κ3) is 3.09. The van der Waals surface area contributed by atoms with Crippen LogP contribution in [0.5, 0.6) is 0 Å². The predicted molar refractivity (Wildman–Crippen MR) is 80.5 cm³/mol. The van der Waals surface area contributed by atoms with Gasteiger partial charge in [-0.3, -0.25) is 15.4 Å². The Balaban J connectivity index is 2.33. The fraction of sp³-hybridized carbons (Fsp3) is 0.214. The second kappa shape index (κ2) is 6.19. The number of amides is 2. The van der Waals surface area contributed by atoms with Crippen molar-refractivity contribution in [3.63, 3.8) is 0 Å². The Labute approximate surface area is 121 Å². The molecule has 1 aromatic carbocycles. The van der Waals surface area contributed by atoms with Crippen LogP contribution in [-0.2, 0) is 4.79 Å². The minimum absolute atomic E-state index is 0.192. The molecule has 0 spiro atoms. The number of carbonyl (C=O) groups is 2. The van der Waals surface area contributed by atoms with E-state index in [1.807, 2.05) is 18.2 Å². The lowest BCUT2D eigenvalue weighted by Gasteiger charge is -2.13. The highest BCUT2D eigenvalue weighted by atomic mass is 16.2. The molecule has 1 unspecified atom stereocenters. The van der Waals surface area contributed by atoms with E-state index in [1.54, 1.807) is 19.1 Å². The van der Waals surface area contributed by atoms with Gasteiger partial charge in [0.1, 0.15) is 11.7 Å². The van der Waals surface area contributed by atoms with Gasteiger partial charge < -0.3 is 16.1 Å². The third-order valence-corrected chi connectivity index (χ3v) is 3.09. The summed E-state index contributed by atoms with van der Waals surface area (Å²) in [5.74, 6) is 4.77. The Morgan fingerprint density at radius 1 is 1.29 bits per heavy atom. The van der Waals surface area contributed by atoms with Crippen LogP contribution in [0.3, 0.4) is 0 Å². The van der Waals surface area contributed by atoms with Crippen molar-refractivity contribution >= 4 is 28.4 Å². The van der Waals surface area contributed by atoms with Gasteiger partial charge in [-0.15, -0.1) is 0 Å². The number of hydrogen-bond acceptors (Lipinski definition) is 5. The van der Waals surface area contributed by atoms with Crippen molar-refractivity contribution in [2.45, 2.75) is 13.0 Å². The largest absolute Gasteiger partial charge is 0.357 e. The molecule has 1 heterocycles. The van der Waals surface area contributed by atoms with E-state index in [-0.39, 0.29) is 11.6 Å². The average molecular weight is 287 g/mol. The molecule has 110 valence electrons. The van der Waals surface area contributed by atoms with Crippen molar-refractivity contribution in [3.05, 3.63) is 36.0 Å². The van der Waals surface area contributed by atoms with Gasteiger partial charge in [0.15, 0.2) is 0 Å². The van der Waals surface area contributed by atoms with Gasteiger partial charge in [0.05, 0.1) is 11.2 Å². The molecular formula is C14H17N5O2. The smallest absolute Gasteiger partial charge is 0.270 e. The molecule has 0 saturated carbocycles. The molecule has 21 heavy (non-hydrogen) atoms. The van der Waals surface area contributed by atoms with Crippen LogP contribution < -0.4 is 21.9 Å². The Morgan fingerprint density at radius 2 is 2.00 bits per heavy atom. The Bertz CT molecular complexity index is 686. The Kier molecular flexibility index (Phi) is 4.34. The van der Waals surface area contributed by atoms with Crippen LogP contribution in [0.1, 0.15) is 17.4 Å². The first-order chi connectivity index (χ1) is 10.1. The van der Waals surface area contributed by atoms with Crippen molar-refractivity contribution in [1.82, 2.24) is 15.6 Å². The highest BCUT2D eigenvalue weighted by Gasteiger charge is 2.17. The van der Waals surface area contributed by atoms with Gasteiger partial charge in [0.25, 0.3) is 5.91 Å². The van der Waals surface area contributed by atoms with E-state index in [4.69, 9.17) is 5.84 Å². The van der Waals surface area contributed by atoms with Crippen LogP contribution in [0.25, 0.3) is 10.9 Å². The summed E-state index contributed by atoms with van der Waals surface area (Å²) in [6.45, 7) is 1.60. The summed E-state index contributed by atoms with van der Waals surface area (Å²) in [5.41, 5.74) is 3.99. The summed E-state index contributed by atoms with van der Waals surface area (Å²) in [4.78, 5) is 27.9. The molecule has 2 rings (SSSR count). The predicted octanol–water partition coefficient (Wildman–Crippen LogP) is 0.385. The first-order valence-corrected chi connectivity index (χ1v) is 6.45. The number of nitrogens with two attached hydrogens (primary N) is 1. The number of rotatable bonds is 4. The van der Waals surface area contributed by atoms with Crippen molar-refractivity contribution in [2.24, 2.45) is 5.84 Å². The fourth-order valence-electron chi connectivity index (χ4n) is 1.96. The van der Waals surface area contributed by atoms with Crippen molar-refractivity contribution < 1.29 is 9.59 Å². The molecule has 0 radical (unpaired) electrons. The molecule has 7 nitrogen and oxygen atoms in total. The topological polar surface area (TPSA) is 109 Å². The second-order valence-electron chi connectivity index (χ2n) is 4.53. The first kappa shape index (κ1) is 14.7. The normalized spacial score (nSPS) is 11.8. The van der Waals surface area contributed by atoms with Crippen molar-refractivity contribution in [3.8, 4) is 0 Å². The highest BCUT2D eigenvalue weighted by molar-refractivity contribution is 6.01. The number of nitrogen functional groups attached to an aromatic ring is 1. The summed E-state index contributed by atoms with van der Waals surface area (Å²) in [5, 5.41) is 5.86. The number of aromatic nitrogens is 1. The lowest BCUT2D eigenvalue weighted by molar-refractivity contribution is -0.122. The third-order valence-electron chi connectivity index (χ3n) is 3.09. The molecule has 0 aliphatic rings. The number of anilines is 1. The van der Waals surface area contributed by atoms with Crippen molar-refractivity contribution in [1.29, 1.82) is 0 Å². The molecule has 7 heteroatoms. The number of pyridine rings is 1. The van der Waals surface area contributed by atoms with Crippen LogP contribution in [0.2, 0.25) is 0 Å². The number of para-hydroxylation sites is 1. The molecule has 1 atom stereocenters. The van der Waals surface area contributed by atoms with E-state index in [0.717, 1.165) is 5.39 Å².